The first-order chi connectivity index (χ1) is 10.8. The molecule has 116 valence electrons. The van der Waals surface area contributed by atoms with Crippen LogP contribution in [-0.2, 0) is 13.0 Å². The molecule has 0 spiro atoms. The molecular weight excluding hydrogens is 276 g/mol. The number of fused-ring (bicyclic) bond motifs is 1. The first-order valence-corrected chi connectivity index (χ1v) is 8.13. The maximum absolute atomic E-state index is 10.7. The molecule has 1 aliphatic carbocycles. The molecule has 0 bridgehead atoms. The molecule has 4 rings (SSSR count). The Kier molecular flexibility index (Phi) is 3.68. The van der Waals surface area contributed by atoms with Gasteiger partial charge in [0.05, 0.1) is 6.10 Å². The molecule has 0 saturated carbocycles. The Morgan fingerprint density at radius 3 is 3.00 bits per heavy atom. The SMILES string of the molecule is OC1c2ccccc2CC1N1CCCC(Cn2cncn2)C1. The summed E-state index contributed by atoms with van der Waals surface area (Å²) < 4.78 is 1.92. The van der Waals surface area contributed by atoms with E-state index in [0.29, 0.717) is 5.92 Å². The molecule has 2 heterocycles. The highest BCUT2D eigenvalue weighted by molar-refractivity contribution is 5.35. The Balaban J connectivity index is 1.45. The van der Waals surface area contributed by atoms with Crippen molar-refractivity contribution < 1.29 is 5.11 Å². The summed E-state index contributed by atoms with van der Waals surface area (Å²) in [7, 11) is 0. The second kappa shape index (κ2) is 5.82. The molecule has 1 fully saturated rings. The minimum Gasteiger partial charge on any atom is -0.387 e. The fourth-order valence-corrected chi connectivity index (χ4v) is 4.02. The Morgan fingerprint density at radius 1 is 1.27 bits per heavy atom. The summed E-state index contributed by atoms with van der Waals surface area (Å²) in [4.78, 5) is 6.50. The lowest BCUT2D eigenvalue weighted by Gasteiger charge is -2.38. The lowest BCUT2D eigenvalue weighted by Crippen LogP contribution is -2.45. The van der Waals surface area contributed by atoms with Crippen molar-refractivity contribution in [2.45, 2.75) is 38.0 Å². The summed E-state index contributed by atoms with van der Waals surface area (Å²) in [6.07, 6.45) is 6.43. The number of benzene rings is 1. The van der Waals surface area contributed by atoms with Crippen molar-refractivity contribution in [3.8, 4) is 0 Å². The Labute approximate surface area is 130 Å². The molecular formula is C17H22N4O. The van der Waals surface area contributed by atoms with E-state index in [0.717, 1.165) is 31.6 Å². The zero-order valence-corrected chi connectivity index (χ0v) is 12.7. The van der Waals surface area contributed by atoms with E-state index in [2.05, 4.69) is 33.2 Å². The first kappa shape index (κ1) is 13.9. The fourth-order valence-electron chi connectivity index (χ4n) is 4.02. The number of rotatable bonds is 3. The third-order valence-electron chi connectivity index (χ3n) is 5.10. The summed E-state index contributed by atoms with van der Waals surface area (Å²) >= 11 is 0. The average Bonchev–Trinajstić information content (AvgIpc) is 3.16. The van der Waals surface area contributed by atoms with Gasteiger partial charge < -0.3 is 5.11 Å². The zero-order chi connectivity index (χ0) is 14.9. The third-order valence-corrected chi connectivity index (χ3v) is 5.10. The number of hydrogen-bond acceptors (Lipinski definition) is 4. The van der Waals surface area contributed by atoms with Gasteiger partial charge in [-0.2, -0.15) is 5.10 Å². The summed E-state index contributed by atoms with van der Waals surface area (Å²) in [5.74, 6) is 0.589. The molecule has 3 atom stereocenters. The highest BCUT2D eigenvalue weighted by atomic mass is 16.3. The van der Waals surface area contributed by atoms with Gasteiger partial charge in [0.25, 0.3) is 0 Å². The molecule has 5 nitrogen and oxygen atoms in total. The quantitative estimate of drug-likeness (QED) is 0.936. The van der Waals surface area contributed by atoms with Gasteiger partial charge in [-0.05, 0) is 42.9 Å². The number of likely N-dealkylation sites (tertiary alicyclic amines) is 1. The molecule has 2 aromatic rings. The highest BCUT2D eigenvalue weighted by Gasteiger charge is 2.36. The van der Waals surface area contributed by atoms with Crippen molar-refractivity contribution in [3.05, 3.63) is 48.0 Å². The number of aliphatic hydroxyl groups excluding tert-OH is 1. The summed E-state index contributed by atoms with van der Waals surface area (Å²) in [6.45, 7) is 3.05. The topological polar surface area (TPSA) is 54.2 Å². The van der Waals surface area contributed by atoms with Crippen LogP contribution in [0.4, 0.5) is 0 Å². The van der Waals surface area contributed by atoms with Gasteiger partial charge in [0, 0.05) is 19.1 Å². The van der Waals surface area contributed by atoms with Crippen molar-refractivity contribution in [3.63, 3.8) is 0 Å². The molecule has 0 radical (unpaired) electrons. The van der Waals surface area contributed by atoms with Gasteiger partial charge in [-0.3, -0.25) is 9.58 Å². The minimum absolute atomic E-state index is 0.232. The first-order valence-electron chi connectivity index (χ1n) is 8.13. The highest BCUT2D eigenvalue weighted by Crippen LogP contribution is 2.36. The summed E-state index contributed by atoms with van der Waals surface area (Å²) in [6, 6.07) is 8.54. The van der Waals surface area contributed by atoms with Crippen LogP contribution in [0.1, 0.15) is 30.1 Å². The van der Waals surface area contributed by atoms with Crippen LogP contribution in [0.25, 0.3) is 0 Å². The molecule has 3 unspecified atom stereocenters. The summed E-state index contributed by atoms with van der Waals surface area (Å²) in [5.41, 5.74) is 2.42. The van der Waals surface area contributed by atoms with Crippen molar-refractivity contribution in [2.24, 2.45) is 5.92 Å². The lowest BCUT2D eigenvalue weighted by molar-refractivity contribution is 0.0312. The number of nitrogens with zero attached hydrogens (tertiary/aromatic N) is 4. The molecule has 1 aromatic heterocycles. The van der Waals surface area contributed by atoms with E-state index in [1.165, 1.54) is 18.4 Å². The van der Waals surface area contributed by atoms with Gasteiger partial charge in [0.15, 0.2) is 0 Å². The maximum Gasteiger partial charge on any atom is 0.137 e. The van der Waals surface area contributed by atoms with Crippen molar-refractivity contribution >= 4 is 0 Å². The van der Waals surface area contributed by atoms with Crippen LogP contribution < -0.4 is 0 Å². The second-order valence-corrected chi connectivity index (χ2v) is 6.54. The third kappa shape index (κ3) is 2.55. The maximum atomic E-state index is 10.7. The molecule has 1 saturated heterocycles. The van der Waals surface area contributed by atoms with Gasteiger partial charge in [-0.15, -0.1) is 0 Å². The standard InChI is InChI=1S/C17H22N4O/c22-17-15-6-2-1-5-14(15)8-16(17)20-7-3-4-13(9-20)10-21-12-18-11-19-21/h1-2,5-6,11-13,16-17,22H,3-4,7-10H2. The van der Waals surface area contributed by atoms with Crippen LogP contribution in [0.3, 0.4) is 0 Å². The molecule has 1 aliphatic heterocycles. The number of piperidine rings is 1. The van der Waals surface area contributed by atoms with Crippen molar-refractivity contribution in [2.75, 3.05) is 13.1 Å². The smallest absolute Gasteiger partial charge is 0.137 e. The fraction of sp³-hybridized carbons (Fsp3) is 0.529. The lowest BCUT2D eigenvalue weighted by atomic mass is 9.95. The normalized spacial score (nSPS) is 28.7. The van der Waals surface area contributed by atoms with E-state index >= 15 is 0 Å². The van der Waals surface area contributed by atoms with Crippen LogP contribution in [-0.4, -0.2) is 43.9 Å². The van der Waals surface area contributed by atoms with Gasteiger partial charge >= 0.3 is 0 Å². The predicted octanol–water partition coefficient (Wildman–Crippen LogP) is 1.65. The van der Waals surface area contributed by atoms with Gasteiger partial charge in [0.1, 0.15) is 12.7 Å². The van der Waals surface area contributed by atoms with Gasteiger partial charge in [-0.25, -0.2) is 4.98 Å². The van der Waals surface area contributed by atoms with Crippen molar-refractivity contribution in [1.82, 2.24) is 19.7 Å². The molecule has 0 amide bonds. The van der Waals surface area contributed by atoms with Crippen LogP contribution in [0, 0.1) is 5.92 Å². The average molecular weight is 298 g/mol. The number of hydrogen-bond donors (Lipinski definition) is 1. The molecule has 22 heavy (non-hydrogen) atoms. The Morgan fingerprint density at radius 2 is 2.18 bits per heavy atom. The van der Waals surface area contributed by atoms with Gasteiger partial charge in [-0.1, -0.05) is 24.3 Å². The summed E-state index contributed by atoms with van der Waals surface area (Å²) in [5, 5.41) is 14.9. The van der Waals surface area contributed by atoms with Crippen LogP contribution in [0.2, 0.25) is 0 Å². The van der Waals surface area contributed by atoms with E-state index in [-0.39, 0.29) is 12.1 Å². The monoisotopic (exact) mass is 298 g/mol. The van der Waals surface area contributed by atoms with E-state index in [9.17, 15) is 5.11 Å². The molecule has 2 aliphatic rings. The zero-order valence-electron chi connectivity index (χ0n) is 12.7. The van der Waals surface area contributed by atoms with Gasteiger partial charge in [0.2, 0.25) is 0 Å². The minimum atomic E-state index is -0.346. The number of aliphatic hydroxyl groups is 1. The second-order valence-electron chi connectivity index (χ2n) is 6.54. The predicted molar refractivity (Wildman–Crippen MR) is 83.2 cm³/mol. The Hall–Kier alpha value is -1.72. The van der Waals surface area contributed by atoms with E-state index in [1.807, 2.05) is 10.7 Å². The van der Waals surface area contributed by atoms with Crippen LogP contribution in [0.15, 0.2) is 36.9 Å². The molecule has 5 heteroatoms. The largest absolute Gasteiger partial charge is 0.387 e. The molecule has 1 aromatic carbocycles. The van der Waals surface area contributed by atoms with Crippen LogP contribution >= 0.6 is 0 Å². The Bertz CT molecular complexity index is 627. The van der Waals surface area contributed by atoms with E-state index in [1.54, 1.807) is 12.7 Å². The number of aromatic nitrogens is 3. The molecule has 1 N–H and O–H groups in total. The van der Waals surface area contributed by atoms with Crippen molar-refractivity contribution in [1.29, 1.82) is 0 Å². The van der Waals surface area contributed by atoms with E-state index in [4.69, 9.17) is 0 Å². The van der Waals surface area contributed by atoms with Crippen LogP contribution in [0.5, 0.6) is 0 Å². The van der Waals surface area contributed by atoms with E-state index < -0.39 is 0 Å².